The van der Waals surface area contributed by atoms with E-state index in [9.17, 15) is 0 Å². The van der Waals surface area contributed by atoms with Gasteiger partial charge in [0.1, 0.15) is 5.82 Å². The van der Waals surface area contributed by atoms with E-state index >= 15 is 0 Å². The fraction of sp³-hybridized carbons (Fsp3) is 0.444. The second kappa shape index (κ2) is 3.11. The lowest BCUT2D eigenvalue weighted by atomic mass is 10.1. The normalized spacial score (nSPS) is 17.6. The standard InChI is InChI=1S/C9H13N3/c1-12-7-6-11-9(12)8-2-4-10-5-3-8/h2,6-7,10H,3-5H2,1H3/p+1. The van der Waals surface area contributed by atoms with E-state index in [0.29, 0.717) is 0 Å². The highest BCUT2D eigenvalue weighted by molar-refractivity contribution is 5.60. The van der Waals surface area contributed by atoms with E-state index in [1.807, 2.05) is 19.4 Å². The number of rotatable bonds is 1. The van der Waals surface area contributed by atoms with Gasteiger partial charge in [0.2, 0.25) is 0 Å². The van der Waals surface area contributed by atoms with Gasteiger partial charge in [0.05, 0.1) is 13.1 Å². The van der Waals surface area contributed by atoms with Crippen LogP contribution in [-0.4, -0.2) is 22.6 Å². The van der Waals surface area contributed by atoms with Crippen molar-refractivity contribution in [3.05, 3.63) is 24.3 Å². The lowest BCUT2D eigenvalue weighted by Gasteiger charge is -2.10. The molecule has 0 atom stereocenters. The topological polar surface area (TPSA) is 34.4 Å². The molecule has 0 aliphatic carbocycles. The molecule has 0 saturated heterocycles. The maximum absolute atomic E-state index is 4.32. The molecule has 1 aromatic heterocycles. The highest BCUT2D eigenvalue weighted by Crippen LogP contribution is 2.14. The summed E-state index contributed by atoms with van der Waals surface area (Å²) in [5.41, 5.74) is 1.39. The molecule has 1 aromatic rings. The first-order valence-corrected chi connectivity index (χ1v) is 4.36. The molecule has 64 valence electrons. The Morgan fingerprint density at radius 3 is 3.08 bits per heavy atom. The SMILES string of the molecule is Cn1ccnc1C1=CC[NH2+]CC1. The first kappa shape index (κ1) is 7.55. The lowest BCUT2D eigenvalue weighted by Crippen LogP contribution is -2.84. The van der Waals surface area contributed by atoms with Gasteiger partial charge in [0.25, 0.3) is 0 Å². The molecule has 1 aliphatic heterocycles. The van der Waals surface area contributed by atoms with Crippen LogP contribution in [-0.2, 0) is 7.05 Å². The van der Waals surface area contributed by atoms with Crippen molar-refractivity contribution in [2.45, 2.75) is 6.42 Å². The number of quaternary nitrogens is 1. The van der Waals surface area contributed by atoms with Crippen LogP contribution in [0.25, 0.3) is 5.57 Å². The molecule has 0 bridgehead atoms. The van der Waals surface area contributed by atoms with E-state index < -0.39 is 0 Å². The molecule has 12 heavy (non-hydrogen) atoms. The van der Waals surface area contributed by atoms with Crippen LogP contribution in [0, 0.1) is 0 Å². The minimum Gasteiger partial charge on any atom is -0.343 e. The van der Waals surface area contributed by atoms with E-state index in [0.717, 1.165) is 18.8 Å². The fourth-order valence-corrected chi connectivity index (χ4v) is 1.58. The molecule has 3 heteroatoms. The Hall–Kier alpha value is -1.09. The molecule has 0 spiro atoms. The summed E-state index contributed by atoms with van der Waals surface area (Å²) in [4.78, 5) is 4.32. The third-order valence-electron chi connectivity index (χ3n) is 2.26. The van der Waals surface area contributed by atoms with Gasteiger partial charge in [0, 0.05) is 31.4 Å². The van der Waals surface area contributed by atoms with Crippen LogP contribution in [0.3, 0.4) is 0 Å². The summed E-state index contributed by atoms with van der Waals surface area (Å²) in [6.07, 6.45) is 7.26. The summed E-state index contributed by atoms with van der Waals surface area (Å²) in [5.74, 6) is 1.13. The van der Waals surface area contributed by atoms with Gasteiger partial charge in [-0.15, -0.1) is 0 Å². The zero-order valence-corrected chi connectivity index (χ0v) is 7.33. The van der Waals surface area contributed by atoms with Crippen molar-refractivity contribution in [1.82, 2.24) is 9.55 Å². The number of hydrogen-bond donors (Lipinski definition) is 1. The second-order valence-electron chi connectivity index (χ2n) is 3.15. The molecule has 0 radical (unpaired) electrons. The van der Waals surface area contributed by atoms with Gasteiger partial charge >= 0.3 is 0 Å². The predicted molar refractivity (Wildman–Crippen MR) is 47.5 cm³/mol. The Morgan fingerprint density at radius 1 is 1.58 bits per heavy atom. The highest BCUT2D eigenvalue weighted by atomic mass is 15.0. The summed E-state index contributed by atoms with van der Waals surface area (Å²) >= 11 is 0. The number of hydrogen-bond acceptors (Lipinski definition) is 1. The summed E-state index contributed by atoms with van der Waals surface area (Å²) in [7, 11) is 2.04. The van der Waals surface area contributed by atoms with Crippen LogP contribution in [0.4, 0.5) is 0 Å². The zero-order chi connectivity index (χ0) is 8.39. The van der Waals surface area contributed by atoms with Crippen molar-refractivity contribution >= 4 is 5.57 Å². The quantitative estimate of drug-likeness (QED) is 0.611. The van der Waals surface area contributed by atoms with Gasteiger partial charge in [-0.1, -0.05) is 0 Å². The largest absolute Gasteiger partial charge is 0.343 e. The Balaban J connectivity index is 2.29. The Bertz CT molecular complexity index is 298. The second-order valence-corrected chi connectivity index (χ2v) is 3.15. The molecule has 0 aromatic carbocycles. The summed E-state index contributed by atoms with van der Waals surface area (Å²) in [5, 5.41) is 2.31. The molecular weight excluding hydrogens is 150 g/mol. The molecule has 1 aliphatic rings. The average Bonchev–Trinajstić information content (AvgIpc) is 2.53. The smallest absolute Gasteiger partial charge is 0.135 e. The van der Waals surface area contributed by atoms with Crippen molar-refractivity contribution in [2.24, 2.45) is 7.05 Å². The van der Waals surface area contributed by atoms with Gasteiger partial charge in [-0.3, -0.25) is 0 Å². The van der Waals surface area contributed by atoms with E-state index in [1.165, 1.54) is 12.1 Å². The number of imidazole rings is 1. The average molecular weight is 164 g/mol. The summed E-state index contributed by atoms with van der Waals surface area (Å²) in [6.45, 7) is 2.29. The van der Waals surface area contributed by atoms with Gasteiger partial charge in [0.15, 0.2) is 0 Å². The Morgan fingerprint density at radius 2 is 2.50 bits per heavy atom. The molecule has 0 unspecified atom stereocenters. The maximum Gasteiger partial charge on any atom is 0.135 e. The molecule has 0 amide bonds. The molecule has 2 rings (SSSR count). The van der Waals surface area contributed by atoms with Gasteiger partial charge in [-0.2, -0.15) is 0 Å². The summed E-state index contributed by atoms with van der Waals surface area (Å²) in [6, 6.07) is 0. The van der Waals surface area contributed by atoms with E-state index in [4.69, 9.17) is 0 Å². The van der Waals surface area contributed by atoms with Crippen molar-refractivity contribution in [3.8, 4) is 0 Å². The number of aryl methyl sites for hydroxylation is 1. The van der Waals surface area contributed by atoms with E-state index in [-0.39, 0.29) is 0 Å². The predicted octanol–water partition coefficient (Wildman–Crippen LogP) is -0.229. The van der Waals surface area contributed by atoms with Gasteiger partial charge in [-0.25, -0.2) is 4.98 Å². The van der Waals surface area contributed by atoms with Crippen LogP contribution in [0.2, 0.25) is 0 Å². The van der Waals surface area contributed by atoms with Gasteiger partial charge in [-0.05, 0) is 6.08 Å². The van der Waals surface area contributed by atoms with Crippen molar-refractivity contribution in [2.75, 3.05) is 13.1 Å². The number of nitrogens with zero attached hydrogens (tertiary/aromatic N) is 2. The minimum atomic E-state index is 1.10. The third kappa shape index (κ3) is 1.28. The molecule has 3 nitrogen and oxygen atoms in total. The summed E-state index contributed by atoms with van der Waals surface area (Å²) < 4.78 is 2.08. The molecule has 0 fully saturated rings. The van der Waals surface area contributed by atoms with Crippen molar-refractivity contribution in [3.63, 3.8) is 0 Å². The third-order valence-corrected chi connectivity index (χ3v) is 2.26. The Labute approximate surface area is 72.1 Å². The molecular formula is C9H14N3+. The van der Waals surface area contributed by atoms with Crippen molar-refractivity contribution in [1.29, 1.82) is 0 Å². The van der Waals surface area contributed by atoms with Gasteiger partial charge < -0.3 is 9.88 Å². The molecule has 2 N–H and O–H groups in total. The van der Waals surface area contributed by atoms with Crippen LogP contribution in [0.15, 0.2) is 18.5 Å². The number of aromatic nitrogens is 2. The van der Waals surface area contributed by atoms with Crippen LogP contribution < -0.4 is 5.32 Å². The zero-order valence-electron chi connectivity index (χ0n) is 7.33. The molecule has 2 heterocycles. The minimum absolute atomic E-state index is 1.10. The number of nitrogens with two attached hydrogens (primary N) is 1. The monoisotopic (exact) mass is 164 g/mol. The van der Waals surface area contributed by atoms with Crippen LogP contribution >= 0.6 is 0 Å². The first-order valence-electron chi connectivity index (χ1n) is 4.36. The highest BCUT2D eigenvalue weighted by Gasteiger charge is 2.10. The first-order chi connectivity index (χ1) is 5.88. The molecule has 0 saturated carbocycles. The maximum atomic E-state index is 4.32. The fourth-order valence-electron chi connectivity index (χ4n) is 1.58. The van der Waals surface area contributed by atoms with E-state index in [2.05, 4.69) is 20.9 Å². The van der Waals surface area contributed by atoms with Crippen LogP contribution in [0.5, 0.6) is 0 Å². The lowest BCUT2D eigenvalue weighted by molar-refractivity contribution is -0.646. The Kier molecular flexibility index (Phi) is 1.96. The van der Waals surface area contributed by atoms with Crippen molar-refractivity contribution < 1.29 is 5.32 Å². The van der Waals surface area contributed by atoms with E-state index in [1.54, 1.807) is 0 Å². The van der Waals surface area contributed by atoms with Crippen LogP contribution in [0.1, 0.15) is 12.2 Å².